The SMILES string of the molecule is Cc1cc(C)c2c(c1)c(N=O)c(O)n2CCCOc1ccccc1. The number of ether oxygens (including phenoxy) is 1. The van der Waals surface area contributed by atoms with Gasteiger partial charge < -0.3 is 14.4 Å². The molecule has 0 unspecified atom stereocenters. The zero-order valence-electron chi connectivity index (χ0n) is 13.8. The molecule has 5 heteroatoms. The molecule has 0 atom stereocenters. The van der Waals surface area contributed by atoms with Crippen molar-refractivity contribution < 1.29 is 9.84 Å². The first-order valence-corrected chi connectivity index (χ1v) is 7.95. The molecule has 3 aromatic rings. The highest BCUT2D eigenvalue weighted by Gasteiger charge is 2.19. The Morgan fingerprint density at radius 1 is 1.17 bits per heavy atom. The molecule has 3 rings (SSSR count). The molecule has 0 aliphatic carbocycles. The van der Waals surface area contributed by atoms with Crippen LogP contribution in [0.1, 0.15) is 17.5 Å². The fourth-order valence-electron chi connectivity index (χ4n) is 3.09. The first-order chi connectivity index (χ1) is 11.6. The van der Waals surface area contributed by atoms with E-state index >= 15 is 0 Å². The van der Waals surface area contributed by atoms with Crippen molar-refractivity contribution in [1.29, 1.82) is 0 Å². The number of aryl methyl sites for hydroxylation is 3. The van der Waals surface area contributed by atoms with E-state index in [4.69, 9.17) is 4.74 Å². The Labute approximate surface area is 140 Å². The van der Waals surface area contributed by atoms with Crippen molar-refractivity contribution in [1.82, 2.24) is 4.57 Å². The maximum atomic E-state index is 11.1. The summed E-state index contributed by atoms with van der Waals surface area (Å²) in [6.07, 6.45) is 0.706. The van der Waals surface area contributed by atoms with Gasteiger partial charge in [0.1, 0.15) is 5.75 Å². The number of rotatable bonds is 6. The molecule has 124 valence electrons. The Morgan fingerprint density at radius 2 is 1.92 bits per heavy atom. The van der Waals surface area contributed by atoms with Gasteiger partial charge in [-0.1, -0.05) is 29.8 Å². The van der Waals surface area contributed by atoms with Crippen LogP contribution >= 0.6 is 0 Å². The lowest BCUT2D eigenvalue weighted by Gasteiger charge is -2.10. The maximum absolute atomic E-state index is 11.1. The predicted octanol–water partition coefficient (Wildman–Crippen LogP) is 4.83. The molecule has 1 aromatic heterocycles. The Kier molecular flexibility index (Phi) is 4.51. The van der Waals surface area contributed by atoms with Crippen LogP contribution in [0.15, 0.2) is 47.6 Å². The zero-order valence-corrected chi connectivity index (χ0v) is 13.8. The molecule has 0 saturated heterocycles. The van der Waals surface area contributed by atoms with Gasteiger partial charge in [-0.05, 0) is 49.2 Å². The third-order valence-electron chi connectivity index (χ3n) is 4.07. The normalized spacial score (nSPS) is 10.9. The lowest BCUT2D eigenvalue weighted by molar-refractivity contribution is 0.298. The van der Waals surface area contributed by atoms with E-state index in [0.717, 1.165) is 22.4 Å². The molecule has 5 nitrogen and oxygen atoms in total. The van der Waals surface area contributed by atoms with Gasteiger partial charge in [0, 0.05) is 11.9 Å². The molecular weight excluding hydrogens is 304 g/mol. The Balaban J connectivity index is 1.81. The van der Waals surface area contributed by atoms with Crippen LogP contribution in [0.25, 0.3) is 10.9 Å². The molecular formula is C19H20N2O3. The molecule has 2 aromatic carbocycles. The average Bonchev–Trinajstić information content (AvgIpc) is 2.84. The summed E-state index contributed by atoms with van der Waals surface area (Å²) in [5, 5.41) is 14.1. The molecule has 0 bridgehead atoms. The van der Waals surface area contributed by atoms with Gasteiger partial charge >= 0.3 is 0 Å². The van der Waals surface area contributed by atoms with E-state index in [1.54, 1.807) is 4.57 Å². The zero-order chi connectivity index (χ0) is 17.1. The third-order valence-corrected chi connectivity index (χ3v) is 4.07. The van der Waals surface area contributed by atoms with E-state index in [1.807, 2.05) is 56.3 Å². The second kappa shape index (κ2) is 6.74. The fourth-order valence-corrected chi connectivity index (χ4v) is 3.09. The number of nitroso groups, excluding NO2 is 1. The standard InChI is InChI=1S/C19H20N2O3/c1-13-11-14(2)18-16(12-13)17(20-23)19(22)21(18)9-6-10-24-15-7-4-3-5-8-15/h3-5,7-8,11-12,22H,6,9-10H2,1-2H3. The number of hydrogen-bond donors (Lipinski definition) is 1. The molecule has 0 fully saturated rings. The van der Waals surface area contributed by atoms with Gasteiger partial charge in [0.05, 0.1) is 12.1 Å². The number of aromatic nitrogens is 1. The Morgan fingerprint density at radius 3 is 2.62 bits per heavy atom. The number of benzene rings is 2. The van der Waals surface area contributed by atoms with E-state index in [9.17, 15) is 10.0 Å². The van der Waals surface area contributed by atoms with Crippen molar-refractivity contribution in [2.24, 2.45) is 5.18 Å². The van der Waals surface area contributed by atoms with Crippen LogP contribution in [0.4, 0.5) is 5.69 Å². The van der Waals surface area contributed by atoms with Crippen molar-refractivity contribution in [3.63, 3.8) is 0 Å². The smallest absolute Gasteiger partial charge is 0.222 e. The van der Waals surface area contributed by atoms with Crippen LogP contribution in [0.5, 0.6) is 11.6 Å². The second-order valence-electron chi connectivity index (χ2n) is 5.91. The molecule has 1 N–H and O–H groups in total. The molecule has 0 radical (unpaired) electrons. The minimum absolute atomic E-state index is 0.0755. The van der Waals surface area contributed by atoms with E-state index in [-0.39, 0.29) is 11.6 Å². The maximum Gasteiger partial charge on any atom is 0.222 e. The van der Waals surface area contributed by atoms with Gasteiger partial charge in [-0.2, -0.15) is 0 Å². The second-order valence-corrected chi connectivity index (χ2v) is 5.91. The van der Waals surface area contributed by atoms with Crippen LogP contribution in [-0.4, -0.2) is 16.3 Å². The van der Waals surface area contributed by atoms with Gasteiger partial charge in [0.25, 0.3) is 0 Å². The van der Waals surface area contributed by atoms with E-state index < -0.39 is 0 Å². The first kappa shape index (κ1) is 16.1. The Bertz CT molecular complexity index is 869. The van der Waals surface area contributed by atoms with E-state index in [2.05, 4.69) is 5.18 Å². The molecule has 0 saturated carbocycles. The summed E-state index contributed by atoms with van der Waals surface area (Å²) in [7, 11) is 0. The first-order valence-electron chi connectivity index (χ1n) is 7.95. The van der Waals surface area contributed by atoms with Crippen molar-refractivity contribution in [2.75, 3.05) is 6.61 Å². The van der Waals surface area contributed by atoms with E-state index in [1.165, 1.54) is 0 Å². The number of nitrogens with zero attached hydrogens (tertiary/aromatic N) is 2. The summed E-state index contributed by atoms with van der Waals surface area (Å²) < 4.78 is 7.43. The largest absolute Gasteiger partial charge is 0.494 e. The van der Waals surface area contributed by atoms with E-state index in [0.29, 0.717) is 25.0 Å². The van der Waals surface area contributed by atoms with Gasteiger partial charge in [-0.15, -0.1) is 4.91 Å². The lowest BCUT2D eigenvalue weighted by Crippen LogP contribution is -2.04. The quantitative estimate of drug-likeness (QED) is 0.521. The van der Waals surface area contributed by atoms with Crippen molar-refractivity contribution in [3.8, 4) is 11.6 Å². The summed E-state index contributed by atoms with van der Waals surface area (Å²) >= 11 is 0. The van der Waals surface area contributed by atoms with Crippen LogP contribution in [0.3, 0.4) is 0 Å². The summed E-state index contributed by atoms with van der Waals surface area (Å²) in [4.78, 5) is 11.1. The van der Waals surface area contributed by atoms with Crippen LogP contribution < -0.4 is 4.74 Å². The molecule has 0 spiro atoms. The van der Waals surface area contributed by atoms with Crippen LogP contribution in [-0.2, 0) is 6.54 Å². The minimum Gasteiger partial charge on any atom is -0.494 e. The predicted molar refractivity (Wildman–Crippen MR) is 95.1 cm³/mol. The Hall–Kier alpha value is -2.82. The van der Waals surface area contributed by atoms with Gasteiger partial charge in [-0.3, -0.25) is 0 Å². The van der Waals surface area contributed by atoms with Crippen molar-refractivity contribution in [3.05, 3.63) is 58.5 Å². The fraction of sp³-hybridized carbons (Fsp3) is 0.263. The summed E-state index contributed by atoms with van der Waals surface area (Å²) in [6.45, 7) is 5.01. The van der Waals surface area contributed by atoms with Gasteiger partial charge in [-0.25, -0.2) is 0 Å². The summed E-state index contributed by atoms with van der Waals surface area (Å²) in [6, 6.07) is 13.5. The number of hydrogen-bond acceptors (Lipinski definition) is 4. The highest BCUT2D eigenvalue weighted by molar-refractivity contribution is 5.97. The highest BCUT2D eigenvalue weighted by atomic mass is 16.5. The van der Waals surface area contributed by atoms with Gasteiger partial charge in [0.15, 0.2) is 5.69 Å². The number of aromatic hydroxyl groups is 1. The van der Waals surface area contributed by atoms with Gasteiger partial charge in [0.2, 0.25) is 5.88 Å². The molecule has 0 aliphatic rings. The lowest BCUT2D eigenvalue weighted by atomic mass is 10.1. The monoisotopic (exact) mass is 324 g/mol. The average molecular weight is 324 g/mol. The number of fused-ring (bicyclic) bond motifs is 1. The third kappa shape index (κ3) is 2.97. The van der Waals surface area contributed by atoms with Crippen molar-refractivity contribution >= 4 is 16.6 Å². The topological polar surface area (TPSA) is 63.8 Å². The summed E-state index contributed by atoms with van der Waals surface area (Å²) in [5.41, 5.74) is 3.02. The highest BCUT2D eigenvalue weighted by Crippen LogP contribution is 2.40. The van der Waals surface area contributed by atoms with Crippen molar-refractivity contribution in [2.45, 2.75) is 26.8 Å². The molecule has 0 aliphatic heterocycles. The molecule has 1 heterocycles. The molecule has 0 amide bonds. The van der Waals surface area contributed by atoms with Crippen LogP contribution in [0.2, 0.25) is 0 Å². The summed E-state index contributed by atoms with van der Waals surface area (Å²) in [5.74, 6) is 0.745. The van der Waals surface area contributed by atoms with Crippen LogP contribution in [0, 0.1) is 18.8 Å². The molecule has 24 heavy (non-hydrogen) atoms. The minimum atomic E-state index is -0.0755. The number of para-hydroxylation sites is 1.